The molecule has 114 valence electrons. The fourth-order valence-corrected chi connectivity index (χ4v) is 6.10. The second-order valence-corrected chi connectivity index (χ2v) is 8.76. The molecule has 1 unspecified atom stereocenters. The molecule has 1 saturated heterocycles. The highest BCUT2D eigenvalue weighted by atomic mass is 16.5. The van der Waals surface area contributed by atoms with Gasteiger partial charge in [-0.1, -0.05) is 27.2 Å². The summed E-state index contributed by atoms with van der Waals surface area (Å²) in [6.45, 7) is 11.4. The molecular weight excluding hydrogens is 248 g/mol. The highest BCUT2D eigenvalue weighted by molar-refractivity contribution is 5.80. The van der Waals surface area contributed by atoms with Crippen molar-refractivity contribution in [1.29, 1.82) is 0 Å². The second-order valence-electron chi connectivity index (χ2n) is 8.76. The molecule has 3 rings (SSSR count). The fourth-order valence-electron chi connectivity index (χ4n) is 6.10. The van der Waals surface area contributed by atoms with Gasteiger partial charge < -0.3 is 4.74 Å². The molecule has 0 bridgehead atoms. The molecule has 3 fully saturated rings. The van der Waals surface area contributed by atoms with E-state index in [0.717, 1.165) is 18.8 Å². The van der Waals surface area contributed by atoms with Crippen molar-refractivity contribution in [1.82, 2.24) is 0 Å². The lowest BCUT2D eigenvalue weighted by Gasteiger charge is -2.60. The van der Waals surface area contributed by atoms with Gasteiger partial charge in [-0.15, -0.1) is 0 Å². The molecule has 0 N–H and O–H groups in total. The van der Waals surface area contributed by atoms with Gasteiger partial charge in [0.2, 0.25) is 0 Å². The van der Waals surface area contributed by atoms with Crippen LogP contribution in [0.1, 0.15) is 73.1 Å². The van der Waals surface area contributed by atoms with Gasteiger partial charge >= 0.3 is 0 Å². The Balaban J connectivity index is 1.95. The number of ketones is 1. The molecule has 0 spiro atoms. The maximum atomic E-state index is 11.8. The van der Waals surface area contributed by atoms with Gasteiger partial charge in [0.05, 0.1) is 5.60 Å². The van der Waals surface area contributed by atoms with E-state index in [9.17, 15) is 4.79 Å². The molecule has 0 aromatic heterocycles. The Labute approximate surface area is 123 Å². The van der Waals surface area contributed by atoms with E-state index in [1.54, 1.807) is 6.92 Å². The molecule has 1 heterocycles. The van der Waals surface area contributed by atoms with Gasteiger partial charge in [-0.05, 0) is 68.6 Å². The SMILES string of the molecule is CC(=O)C1C[C@@H]2[C@@]3(C)CCCC(C)(C)[C@@H]3CC[C@@]2(C)O1. The Hall–Kier alpha value is -0.370. The summed E-state index contributed by atoms with van der Waals surface area (Å²) in [5.41, 5.74) is 0.747. The van der Waals surface area contributed by atoms with Gasteiger partial charge in [-0.2, -0.15) is 0 Å². The van der Waals surface area contributed by atoms with Crippen LogP contribution in [0.15, 0.2) is 0 Å². The van der Waals surface area contributed by atoms with Crippen LogP contribution < -0.4 is 0 Å². The molecule has 2 nitrogen and oxygen atoms in total. The molecule has 2 aliphatic carbocycles. The minimum absolute atomic E-state index is 0.0605. The van der Waals surface area contributed by atoms with Crippen LogP contribution in [0.2, 0.25) is 0 Å². The lowest BCUT2D eigenvalue weighted by molar-refractivity contribution is -0.160. The van der Waals surface area contributed by atoms with Crippen LogP contribution in [0.5, 0.6) is 0 Å². The third kappa shape index (κ3) is 1.90. The average molecular weight is 278 g/mol. The number of carbonyl (C=O) groups is 1. The predicted molar refractivity (Wildman–Crippen MR) is 80.5 cm³/mol. The van der Waals surface area contributed by atoms with Crippen molar-refractivity contribution in [3.8, 4) is 0 Å². The Kier molecular flexibility index (Phi) is 3.14. The predicted octanol–water partition coefficient (Wildman–Crippen LogP) is 4.37. The number of hydrogen-bond donors (Lipinski definition) is 0. The molecule has 3 aliphatic rings. The molecule has 0 radical (unpaired) electrons. The topological polar surface area (TPSA) is 26.3 Å². The standard InChI is InChI=1S/C18H30O2/c1-12(19)13-11-15-17(4)9-6-8-16(2,3)14(17)7-10-18(15,5)20-13/h13-15H,6-11H2,1-5H3/t13?,14-,15+,17-,18+/m0/s1. The molecule has 0 aromatic carbocycles. The van der Waals surface area contributed by atoms with Gasteiger partial charge in [-0.3, -0.25) is 4.79 Å². The van der Waals surface area contributed by atoms with Crippen molar-refractivity contribution in [3.05, 3.63) is 0 Å². The van der Waals surface area contributed by atoms with Crippen molar-refractivity contribution in [2.24, 2.45) is 22.7 Å². The number of hydrogen-bond acceptors (Lipinski definition) is 2. The zero-order valence-electron chi connectivity index (χ0n) is 13.8. The Bertz CT molecular complexity index is 427. The minimum atomic E-state index is -0.148. The number of fused-ring (bicyclic) bond motifs is 3. The van der Waals surface area contributed by atoms with Crippen molar-refractivity contribution in [2.45, 2.75) is 84.8 Å². The maximum absolute atomic E-state index is 11.8. The zero-order chi connectivity index (χ0) is 14.8. The van der Waals surface area contributed by atoms with E-state index in [1.165, 1.54) is 25.7 Å². The van der Waals surface area contributed by atoms with Crippen molar-refractivity contribution in [3.63, 3.8) is 0 Å². The molecule has 2 heteroatoms. The first kappa shape index (κ1) is 14.6. The van der Waals surface area contributed by atoms with E-state index >= 15 is 0 Å². The van der Waals surface area contributed by atoms with Crippen molar-refractivity contribution < 1.29 is 9.53 Å². The maximum Gasteiger partial charge on any atom is 0.158 e. The monoisotopic (exact) mass is 278 g/mol. The van der Waals surface area contributed by atoms with Gasteiger partial charge in [-0.25, -0.2) is 0 Å². The third-order valence-corrected chi connectivity index (χ3v) is 7.05. The molecule has 5 atom stereocenters. The second kappa shape index (κ2) is 4.32. The van der Waals surface area contributed by atoms with Crippen LogP contribution >= 0.6 is 0 Å². The van der Waals surface area contributed by atoms with Crippen LogP contribution in [0, 0.1) is 22.7 Å². The zero-order valence-corrected chi connectivity index (χ0v) is 13.8. The first-order chi connectivity index (χ1) is 9.19. The summed E-state index contributed by atoms with van der Waals surface area (Å²) in [5, 5.41) is 0. The number of ether oxygens (including phenoxy) is 1. The van der Waals surface area contributed by atoms with Crippen molar-refractivity contribution >= 4 is 5.78 Å². The molecule has 20 heavy (non-hydrogen) atoms. The third-order valence-electron chi connectivity index (χ3n) is 7.05. The van der Waals surface area contributed by atoms with E-state index in [2.05, 4.69) is 27.7 Å². The summed E-state index contributed by atoms with van der Waals surface area (Å²) in [7, 11) is 0. The van der Waals surface area contributed by atoms with Crippen molar-refractivity contribution in [2.75, 3.05) is 0 Å². The largest absolute Gasteiger partial charge is 0.364 e. The molecular formula is C18H30O2. The highest BCUT2D eigenvalue weighted by Crippen LogP contribution is 2.65. The van der Waals surface area contributed by atoms with Gasteiger partial charge in [0, 0.05) is 0 Å². The summed E-state index contributed by atoms with van der Waals surface area (Å²) in [6.07, 6.45) is 7.20. The van der Waals surface area contributed by atoms with Crippen LogP contribution in [0.25, 0.3) is 0 Å². The van der Waals surface area contributed by atoms with Crippen LogP contribution in [-0.4, -0.2) is 17.5 Å². The minimum Gasteiger partial charge on any atom is -0.364 e. The number of carbonyl (C=O) groups excluding carboxylic acids is 1. The molecule has 1 aliphatic heterocycles. The molecule has 0 aromatic rings. The van der Waals surface area contributed by atoms with Gasteiger partial charge in [0.1, 0.15) is 6.10 Å². The Morgan fingerprint density at radius 2 is 1.75 bits per heavy atom. The summed E-state index contributed by atoms with van der Waals surface area (Å²) < 4.78 is 6.25. The van der Waals surface area contributed by atoms with Crippen LogP contribution in [0.4, 0.5) is 0 Å². The smallest absolute Gasteiger partial charge is 0.158 e. The molecule has 2 saturated carbocycles. The van der Waals surface area contributed by atoms with Gasteiger partial charge in [0.15, 0.2) is 5.78 Å². The summed E-state index contributed by atoms with van der Waals surface area (Å²) >= 11 is 0. The van der Waals surface area contributed by atoms with E-state index in [4.69, 9.17) is 4.74 Å². The summed E-state index contributed by atoms with van der Waals surface area (Å²) in [4.78, 5) is 11.8. The van der Waals surface area contributed by atoms with E-state index < -0.39 is 0 Å². The first-order valence-electron chi connectivity index (χ1n) is 8.37. The first-order valence-corrected chi connectivity index (χ1v) is 8.37. The number of rotatable bonds is 1. The van der Waals surface area contributed by atoms with E-state index in [1.807, 2.05) is 0 Å². The summed E-state index contributed by atoms with van der Waals surface area (Å²) in [5.74, 6) is 1.56. The average Bonchev–Trinajstić information content (AvgIpc) is 2.67. The van der Waals surface area contributed by atoms with E-state index in [0.29, 0.717) is 16.7 Å². The van der Waals surface area contributed by atoms with Crippen LogP contribution in [0.3, 0.4) is 0 Å². The van der Waals surface area contributed by atoms with Gasteiger partial charge in [0.25, 0.3) is 0 Å². The van der Waals surface area contributed by atoms with Crippen LogP contribution in [-0.2, 0) is 9.53 Å². The molecule has 0 amide bonds. The Morgan fingerprint density at radius 3 is 2.40 bits per heavy atom. The fraction of sp³-hybridized carbons (Fsp3) is 0.944. The van der Waals surface area contributed by atoms with E-state index in [-0.39, 0.29) is 17.5 Å². The lowest BCUT2D eigenvalue weighted by Crippen LogP contribution is -2.55. The normalized spacial score (nSPS) is 50.4. The lowest BCUT2D eigenvalue weighted by atomic mass is 9.45. The highest BCUT2D eigenvalue weighted by Gasteiger charge is 2.62. The number of Topliss-reactive ketones (excluding diaryl/α,β-unsaturated/α-hetero) is 1. The summed E-state index contributed by atoms with van der Waals surface area (Å²) in [6, 6.07) is 0. The quantitative estimate of drug-likeness (QED) is 0.712. The Morgan fingerprint density at radius 1 is 1.05 bits per heavy atom.